The Hall–Kier alpha value is -1.56. The topological polar surface area (TPSA) is 57.7 Å². The Bertz CT molecular complexity index is 673. The van der Waals surface area contributed by atoms with Crippen LogP contribution >= 0.6 is 0 Å². The van der Waals surface area contributed by atoms with Crippen molar-refractivity contribution in [2.45, 2.75) is 65.8 Å². The van der Waals surface area contributed by atoms with Gasteiger partial charge in [0.1, 0.15) is 6.54 Å². The first-order chi connectivity index (χ1) is 12.2. The molecule has 5 nitrogen and oxygen atoms in total. The molecule has 0 saturated heterocycles. The summed E-state index contributed by atoms with van der Waals surface area (Å²) in [5.74, 6) is -0.129. The highest BCUT2D eigenvalue weighted by molar-refractivity contribution is 7.92. The van der Waals surface area contributed by atoms with Gasteiger partial charge in [0.25, 0.3) is 0 Å². The van der Waals surface area contributed by atoms with Gasteiger partial charge in [-0.1, -0.05) is 51.3 Å². The number of hydrogen-bond donors (Lipinski definition) is 0. The molecular weight excluding hydrogens is 348 g/mol. The van der Waals surface area contributed by atoms with Gasteiger partial charge < -0.3 is 4.90 Å². The van der Waals surface area contributed by atoms with Gasteiger partial charge in [0, 0.05) is 12.6 Å². The number of anilines is 1. The molecule has 0 aromatic heterocycles. The summed E-state index contributed by atoms with van der Waals surface area (Å²) < 4.78 is 25.9. The van der Waals surface area contributed by atoms with Crippen LogP contribution in [0.2, 0.25) is 0 Å². The highest BCUT2D eigenvalue weighted by atomic mass is 32.2. The standard InChI is InChI=1S/C20H34N2O3S/c1-6-8-11-15-21(18(4)12-7-2)20(23)16-22(26(5,24)25)19-14-10-9-13-17(19)3/h9-10,13-14,18H,6-8,11-12,15-16H2,1-5H3. The molecule has 1 atom stereocenters. The van der Waals surface area contributed by atoms with E-state index in [2.05, 4.69) is 13.8 Å². The number of carbonyl (C=O) groups excluding carboxylic acids is 1. The minimum Gasteiger partial charge on any atom is -0.338 e. The minimum absolute atomic E-state index is 0.114. The highest BCUT2D eigenvalue weighted by Gasteiger charge is 2.26. The normalized spacial score (nSPS) is 12.7. The molecule has 1 aromatic rings. The Kier molecular flexibility index (Phi) is 9.13. The summed E-state index contributed by atoms with van der Waals surface area (Å²) in [5, 5.41) is 0. The Morgan fingerprint density at radius 2 is 1.77 bits per heavy atom. The highest BCUT2D eigenvalue weighted by Crippen LogP contribution is 2.22. The molecule has 1 unspecified atom stereocenters. The summed E-state index contributed by atoms with van der Waals surface area (Å²) in [4.78, 5) is 14.9. The first-order valence-corrected chi connectivity index (χ1v) is 11.4. The second kappa shape index (κ2) is 10.6. The van der Waals surface area contributed by atoms with E-state index in [-0.39, 0.29) is 18.5 Å². The Morgan fingerprint density at radius 3 is 2.31 bits per heavy atom. The number of benzene rings is 1. The lowest BCUT2D eigenvalue weighted by molar-refractivity contribution is -0.131. The van der Waals surface area contributed by atoms with Crippen LogP contribution in [0, 0.1) is 6.92 Å². The maximum absolute atomic E-state index is 13.0. The lowest BCUT2D eigenvalue weighted by atomic mass is 10.1. The maximum atomic E-state index is 13.0. The van der Waals surface area contributed by atoms with E-state index in [0.29, 0.717) is 12.2 Å². The largest absolute Gasteiger partial charge is 0.338 e. The fourth-order valence-corrected chi connectivity index (χ4v) is 4.04. The van der Waals surface area contributed by atoms with E-state index >= 15 is 0 Å². The third-order valence-corrected chi connectivity index (χ3v) is 5.75. The summed E-state index contributed by atoms with van der Waals surface area (Å²) in [6, 6.07) is 7.38. The van der Waals surface area contributed by atoms with Gasteiger partial charge >= 0.3 is 0 Å². The number of carbonyl (C=O) groups is 1. The number of nitrogens with zero attached hydrogens (tertiary/aromatic N) is 2. The Balaban J connectivity index is 3.06. The molecule has 6 heteroatoms. The Labute approximate surface area is 159 Å². The van der Waals surface area contributed by atoms with E-state index in [4.69, 9.17) is 0 Å². The maximum Gasteiger partial charge on any atom is 0.243 e. The fraction of sp³-hybridized carbons (Fsp3) is 0.650. The van der Waals surface area contributed by atoms with Gasteiger partial charge in [-0.25, -0.2) is 8.42 Å². The number of hydrogen-bond acceptors (Lipinski definition) is 3. The van der Waals surface area contributed by atoms with Crippen molar-refractivity contribution in [3.8, 4) is 0 Å². The molecule has 0 spiro atoms. The van der Waals surface area contributed by atoms with E-state index in [9.17, 15) is 13.2 Å². The van der Waals surface area contributed by atoms with Crippen molar-refractivity contribution in [3.63, 3.8) is 0 Å². The van der Waals surface area contributed by atoms with E-state index in [0.717, 1.165) is 43.9 Å². The molecule has 1 rings (SSSR count). The van der Waals surface area contributed by atoms with E-state index in [1.165, 1.54) is 4.31 Å². The van der Waals surface area contributed by atoms with Gasteiger partial charge in [0.2, 0.25) is 15.9 Å². The molecule has 0 aliphatic heterocycles. The number of rotatable bonds is 11. The third-order valence-electron chi connectivity index (χ3n) is 4.62. The molecule has 1 aromatic carbocycles. The molecule has 0 fully saturated rings. The van der Waals surface area contributed by atoms with Gasteiger partial charge in [-0.2, -0.15) is 0 Å². The second-order valence-electron chi connectivity index (χ2n) is 6.99. The zero-order valence-corrected chi connectivity index (χ0v) is 17.7. The van der Waals surface area contributed by atoms with Crippen LogP contribution in [0.25, 0.3) is 0 Å². The van der Waals surface area contributed by atoms with Crippen LogP contribution in [0.3, 0.4) is 0 Å². The summed E-state index contributed by atoms with van der Waals surface area (Å²) in [5.41, 5.74) is 1.41. The second-order valence-corrected chi connectivity index (χ2v) is 8.89. The lowest BCUT2D eigenvalue weighted by Gasteiger charge is -2.32. The number of aryl methyl sites for hydroxylation is 1. The van der Waals surface area contributed by atoms with Gasteiger partial charge in [0.15, 0.2) is 0 Å². The molecule has 0 aliphatic carbocycles. The zero-order chi connectivity index (χ0) is 19.7. The molecule has 0 heterocycles. The van der Waals surface area contributed by atoms with Crippen LogP contribution < -0.4 is 4.31 Å². The SMILES string of the molecule is CCCCCN(C(=O)CN(c1ccccc1C)S(C)(=O)=O)C(C)CCC. The average Bonchev–Trinajstić information content (AvgIpc) is 2.56. The molecule has 0 saturated carbocycles. The quantitative estimate of drug-likeness (QED) is 0.544. The van der Waals surface area contributed by atoms with Crippen molar-refractivity contribution in [1.82, 2.24) is 4.90 Å². The van der Waals surface area contributed by atoms with Crippen molar-refractivity contribution >= 4 is 21.6 Å². The summed E-state index contributed by atoms with van der Waals surface area (Å²) in [6.07, 6.45) is 6.16. The number of para-hydroxylation sites is 1. The van der Waals surface area contributed by atoms with Crippen LogP contribution in [0.4, 0.5) is 5.69 Å². The van der Waals surface area contributed by atoms with Gasteiger partial charge in [-0.3, -0.25) is 9.10 Å². The van der Waals surface area contributed by atoms with Crippen LogP contribution in [0.5, 0.6) is 0 Å². The van der Waals surface area contributed by atoms with Gasteiger partial charge in [-0.15, -0.1) is 0 Å². The van der Waals surface area contributed by atoms with Crippen molar-refractivity contribution in [1.29, 1.82) is 0 Å². The summed E-state index contributed by atoms with van der Waals surface area (Å²) >= 11 is 0. The number of amides is 1. The molecule has 1 amide bonds. The van der Waals surface area contributed by atoms with E-state index in [1.54, 1.807) is 12.1 Å². The summed E-state index contributed by atoms with van der Waals surface area (Å²) in [7, 11) is -3.55. The molecule has 148 valence electrons. The number of sulfonamides is 1. The Morgan fingerprint density at radius 1 is 1.12 bits per heavy atom. The molecule has 0 aliphatic rings. The minimum atomic E-state index is -3.55. The molecule has 0 radical (unpaired) electrons. The van der Waals surface area contributed by atoms with Crippen molar-refractivity contribution < 1.29 is 13.2 Å². The van der Waals surface area contributed by atoms with Crippen LogP contribution in [0.15, 0.2) is 24.3 Å². The van der Waals surface area contributed by atoms with Crippen molar-refractivity contribution in [2.75, 3.05) is 23.7 Å². The predicted octanol–water partition coefficient (Wildman–Crippen LogP) is 3.97. The van der Waals surface area contributed by atoms with Crippen LogP contribution in [-0.4, -0.2) is 44.6 Å². The van der Waals surface area contributed by atoms with Crippen molar-refractivity contribution in [2.24, 2.45) is 0 Å². The zero-order valence-electron chi connectivity index (χ0n) is 16.9. The van der Waals surface area contributed by atoms with Gasteiger partial charge in [-0.05, 0) is 38.3 Å². The first-order valence-electron chi connectivity index (χ1n) is 9.55. The van der Waals surface area contributed by atoms with Crippen LogP contribution in [-0.2, 0) is 14.8 Å². The monoisotopic (exact) mass is 382 g/mol. The van der Waals surface area contributed by atoms with Crippen molar-refractivity contribution in [3.05, 3.63) is 29.8 Å². The summed E-state index contributed by atoms with van der Waals surface area (Å²) in [6.45, 7) is 8.66. The molecular formula is C20H34N2O3S. The van der Waals surface area contributed by atoms with Crippen LogP contribution in [0.1, 0.15) is 58.4 Å². The van der Waals surface area contributed by atoms with E-state index in [1.807, 2.05) is 30.9 Å². The van der Waals surface area contributed by atoms with E-state index < -0.39 is 10.0 Å². The first kappa shape index (κ1) is 22.5. The molecule has 0 N–H and O–H groups in total. The lowest BCUT2D eigenvalue weighted by Crippen LogP contribution is -2.46. The predicted molar refractivity (Wildman–Crippen MR) is 109 cm³/mol. The molecule has 26 heavy (non-hydrogen) atoms. The van der Waals surface area contributed by atoms with Gasteiger partial charge in [0.05, 0.1) is 11.9 Å². The number of unbranched alkanes of at least 4 members (excludes halogenated alkanes) is 2. The average molecular weight is 383 g/mol. The molecule has 0 bridgehead atoms. The smallest absolute Gasteiger partial charge is 0.243 e. The third kappa shape index (κ3) is 6.63. The fourth-order valence-electron chi connectivity index (χ4n) is 3.13.